The van der Waals surface area contributed by atoms with Crippen molar-refractivity contribution in [2.45, 2.75) is 0 Å². The molecule has 0 saturated carbocycles. The molecule has 92 valence electrons. The second-order valence-electron chi connectivity index (χ2n) is 3.73. The molecular formula is C13H8N4O2. The maximum Gasteiger partial charge on any atom is 0.268 e. The smallest absolute Gasteiger partial charge is 0.268 e. The Morgan fingerprint density at radius 3 is 2.37 bits per heavy atom. The van der Waals surface area contributed by atoms with Crippen molar-refractivity contribution in [1.29, 1.82) is 10.5 Å². The fraction of sp³-hybridized carbons (Fsp3) is 0. The van der Waals surface area contributed by atoms with Gasteiger partial charge in [-0.1, -0.05) is 18.2 Å². The van der Waals surface area contributed by atoms with E-state index in [1.54, 1.807) is 18.2 Å². The number of phenolic OH excluding ortho intramolecular Hbond substituents is 1. The van der Waals surface area contributed by atoms with E-state index in [2.05, 4.69) is 4.98 Å². The van der Waals surface area contributed by atoms with Crippen molar-refractivity contribution in [1.82, 2.24) is 4.98 Å². The molecule has 0 aliphatic rings. The zero-order valence-corrected chi connectivity index (χ0v) is 9.64. The molecule has 0 radical (unpaired) electrons. The zero-order valence-electron chi connectivity index (χ0n) is 9.64. The quantitative estimate of drug-likeness (QED) is 0.699. The number of para-hydroxylation sites is 1. The Balaban J connectivity index is 2.99. The normalized spacial score (nSPS) is 9.58. The molecule has 0 bridgehead atoms. The van der Waals surface area contributed by atoms with Gasteiger partial charge >= 0.3 is 0 Å². The molecule has 0 saturated heterocycles. The highest BCUT2D eigenvalue weighted by atomic mass is 16.3. The Morgan fingerprint density at radius 1 is 1.16 bits per heavy atom. The van der Waals surface area contributed by atoms with Gasteiger partial charge in [0.25, 0.3) is 5.56 Å². The van der Waals surface area contributed by atoms with E-state index in [-0.39, 0.29) is 33.8 Å². The number of aromatic nitrogens is 1. The fourth-order valence-corrected chi connectivity index (χ4v) is 1.80. The number of nitrogen functional groups attached to an aromatic ring is 1. The van der Waals surface area contributed by atoms with E-state index >= 15 is 0 Å². The lowest BCUT2D eigenvalue weighted by molar-refractivity contribution is 0.477. The molecule has 19 heavy (non-hydrogen) atoms. The average Bonchev–Trinajstić information content (AvgIpc) is 2.38. The summed E-state index contributed by atoms with van der Waals surface area (Å²) in [5.41, 5.74) is 4.84. The first-order valence-electron chi connectivity index (χ1n) is 5.24. The minimum Gasteiger partial charge on any atom is -0.507 e. The molecule has 6 nitrogen and oxygen atoms in total. The number of rotatable bonds is 1. The van der Waals surface area contributed by atoms with Gasteiger partial charge in [-0.15, -0.1) is 0 Å². The zero-order chi connectivity index (χ0) is 14.0. The Hall–Kier alpha value is -3.25. The first kappa shape index (κ1) is 12.2. The Labute approximate surface area is 108 Å². The van der Waals surface area contributed by atoms with Gasteiger partial charge in [0.2, 0.25) is 0 Å². The summed E-state index contributed by atoms with van der Waals surface area (Å²) in [6.45, 7) is 0. The highest BCUT2D eigenvalue weighted by Gasteiger charge is 2.19. The van der Waals surface area contributed by atoms with Crippen LogP contribution in [0.3, 0.4) is 0 Å². The highest BCUT2D eigenvalue weighted by Crippen LogP contribution is 2.33. The number of anilines is 1. The first-order chi connectivity index (χ1) is 9.10. The lowest BCUT2D eigenvalue weighted by Gasteiger charge is -2.09. The second-order valence-corrected chi connectivity index (χ2v) is 3.73. The highest BCUT2D eigenvalue weighted by molar-refractivity contribution is 5.83. The summed E-state index contributed by atoms with van der Waals surface area (Å²) in [4.78, 5) is 13.9. The van der Waals surface area contributed by atoms with Crippen molar-refractivity contribution in [2.24, 2.45) is 0 Å². The van der Waals surface area contributed by atoms with Crippen LogP contribution in [0.4, 0.5) is 5.82 Å². The largest absolute Gasteiger partial charge is 0.507 e. The van der Waals surface area contributed by atoms with Crippen molar-refractivity contribution in [3.05, 3.63) is 45.7 Å². The van der Waals surface area contributed by atoms with E-state index in [0.29, 0.717) is 0 Å². The Morgan fingerprint density at radius 2 is 1.79 bits per heavy atom. The SMILES string of the molecule is N#Cc1c(N)[nH]c(=O)c(C#N)c1-c1ccccc1O. The van der Waals surface area contributed by atoms with E-state index in [4.69, 9.17) is 16.3 Å². The number of hydrogen-bond acceptors (Lipinski definition) is 5. The summed E-state index contributed by atoms with van der Waals surface area (Å²) in [5, 5.41) is 28.0. The van der Waals surface area contributed by atoms with Crippen molar-refractivity contribution < 1.29 is 5.11 Å². The second kappa shape index (κ2) is 4.55. The molecule has 0 atom stereocenters. The molecule has 4 N–H and O–H groups in total. The topological polar surface area (TPSA) is 127 Å². The van der Waals surface area contributed by atoms with Gasteiger partial charge in [0.1, 0.15) is 34.8 Å². The molecule has 0 spiro atoms. The summed E-state index contributed by atoms with van der Waals surface area (Å²) < 4.78 is 0. The van der Waals surface area contributed by atoms with Crippen LogP contribution in [0.25, 0.3) is 11.1 Å². The van der Waals surface area contributed by atoms with Crippen molar-refractivity contribution in [3.63, 3.8) is 0 Å². The van der Waals surface area contributed by atoms with E-state index in [0.717, 1.165) is 0 Å². The Bertz CT molecular complexity index is 794. The van der Waals surface area contributed by atoms with Gasteiger partial charge < -0.3 is 15.8 Å². The molecule has 1 aromatic heterocycles. The number of nitriles is 2. The predicted molar refractivity (Wildman–Crippen MR) is 68.0 cm³/mol. The summed E-state index contributed by atoms with van der Waals surface area (Å²) in [5.74, 6) is -0.273. The molecule has 0 unspecified atom stereocenters. The lowest BCUT2D eigenvalue weighted by atomic mass is 9.96. The van der Waals surface area contributed by atoms with Crippen molar-refractivity contribution in [2.75, 3.05) is 5.73 Å². The molecule has 2 aromatic rings. The van der Waals surface area contributed by atoms with E-state index in [9.17, 15) is 9.90 Å². The van der Waals surface area contributed by atoms with Gasteiger partial charge in [0.15, 0.2) is 0 Å². The predicted octanol–water partition coefficient (Wildman–Crippen LogP) is 1.07. The van der Waals surface area contributed by atoms with Gasteiger partial charge in [-0.25, -0.2) is 0 Å². The number of pyridine rings is 1. The minimum atomic E-state index is -0.697. The third-order valence-electron chi connectivity index (χ3n) is 2.64. The van der Waals surface area contributed by atoms with E-state index < -0.39 is 5.56 Å². The van der Waals surface area contributed by atoms with Crippen LogP contribution in [0.15, 0.2) is 29.1 Å². The maximum atomic E-state index is 11.7. The fourth-order valence-electron chi connectivity index (χ4n) is 1.80. The number of aromatic hydroxyl groups is 1. The number of H-pyrrole nitrogens is 1. The van der Waals surface area contributed by atoms with Gasteiger partial charge in [0, 0.05) is 11.1 Å². The summed E-state index contributed by atoms with van der Waals surface area (Å²) in [6, 6.07) is 9.68. The number of nitrogens with two attached hydrogens (primary N) is 1. The third-order valence-corrected chi connectivity index (χ3v) is 2.64. The number of benzene rings is 1. The number of nitrogens with one attached hydrogen (secondary N) is 1. The van der Waals surface area contributed by atoms with Gasteiger partial charge in [-0.2, -0.15) is 10.5 Å². The van der Waals surface area contributed by atoms with Gasteiger partial charge in [0.05, 0.1) is 0 Å². The molecule has 2 rings (SSSR count). The molecule has 6 heteroatoms. The molecular weight excluding hydrogens is 244 g/mol. The van der Waals surface area contributed by atoms with Crippen LogP contribution in [-0.4, -0.2) is 10.1 Å². The van der Waals surface area contributed by atoms with Crippen LogP contribution in [0, 0.1) is 22.7 Å². The molecule has 0 amide bonds. The average molecular weight is 252 g/mol. The van der Waals surface area contributed by atoms with Crippen LogP contribution in [-0.2, 0) is 0 Å². The van der Waals surface area contributed by atoms with E-state index in [1.807, 2.05) is 6.07 Å². The number of phenols is 1. The minimum absolute atomic E-state index is 0.0438. The van der Waals surface area contributed by atoms with Crippen molar-refractivity contribution in [3.8, 4) is 29.0 Å². The van der Waals surface area contributed by atoms with Crippen LogP contribution in [0.1, 0.15) is 11.1 Å². The summed E-state index contributed by atoms with van der Waals surface area (Å²) in [7, 11) is 0. The summed E-state index contributed by atoms with van der Waals surface area (Å²) in [6.07, 6.45) is 0. The lowest BCUT2D eigenvalue weighted by Crippen LogP contribution is -2.16. The number of hydrogen-bond donors (Lipinski definition) is 3. The van der Waals surface area contributed by atoms with Crippen LogP contribution in [0.5, 0.6) is 5.75 Å². The third kappa shape index (κ3) is 1.88. The van der Waals surface area contributed by atoms with Crippen LogP contribution >= 0.6 is 0 Å². The van der Waals surface area contributed by atoms with Gasteiger partial charge in [-0.3, -0.25) is 4.79 Å². The molecule has 1 aromatic carbocycles. The number of nitrogens with zero attached hydrogens (tertiary/aromatic N) is 2. The molecule has 0 aliphatic carbocycles. The molecule has 1 heterocycles. The standard InChI is InChI=1S/C13H8N4O2/c14-5-8-11(7-3-1-2-4-10(7)18)9(6-15)13(19)17-12(8)16/h1-4,18H,(H3,16,17,19). The monoisotopic (exact) mass is 252 g/mol. The molecule has 0 aliphatic heterocycles. The number of aromatic amines is 1. The summed E-state index contributed by atoms with van der Waals surface area (Å²) >= 11 is 0. The van der Waals surface area contributed by atoms with Crippen molar-refractivity contribution >= 4 is 5.82 Å². The first-order valence-corrected chi connectivity index (χ1v) is 5.24. The van der Waals surface area contributed by atoms with Crippen LogP contribution < -0.4 is 11.3 Å². The van der Waals surface area contributed by atoms with E-state index in [1.165, 1.54) is 12.1 Å². The molecule has 0 fully saturated rings. The maximum absolute atomic E-state index is 11.7. The van der Waals surface area contributed by atoms with Crippen LogP contribution in [0.2, 0.25) is 0 Å². The van der Waals surface area contributed by atoms with Gasteiger partial charge in [-0.05, 0) is 6.07 Å². The Kier molecular flexibility index (Phi) is 2.93.